The summed E-state index contributed by atoms with van der Waals surface area (Å²) in [5.74, 6) is 0.928. The van der Waals surface area contributed by atoms with Crippen molar-refractivity contribution in [3.63, 3.8) is 0 Å². The Morgan fingerprint density at radius 3 is 3.00 bits per heavy atom. The highest BCUT2D eigenvalue weighted by atomic mass is 127. The van der Waals surface area contributed by atoms with Crippen molar-refractivity contribution in [2.75, 3.05) is 12.0 Å². The molecule has 1 aliphatic heterocycles. The first-order chi connectivity index (χ1) is 11.7. The topological polar surface area (TPSA) is 79.7 Å². The number of halogens is 2. The number of hydrazine groups is 1. The molecule has 0 aliphatic carbocycles. The summed E-state index contributed by atoms with van der Waals surface area (Å²) >= 11 is 8.45. The number of nitrogens with zero attached hydrogens (tertiary/aromatic N) is 2. The average molecular weight is 480 g/mol. The van der Waals surface area contributed by atoms with E-state index >= 15 is 0 Å². The normalized spacial score (nSPS) is 14.8. The molecule has 0 spiro atoms. The largest absolute Gasteiger partial charge is 0.443 e. The van der Waals surface area contributed by atoms with Crippen LogP contribution in [0.15, 0.2) is 23.8 Å². The van der Waals surface area contributed by atoms with Crippen LogP contribution < -0.4 is 16.2 Å². The van der Waals surface area contributed by atoms with Crippen LogP contribution in [0.2, 0.25) is 0 Å². The highest BCUT2D eigenvalue weighted by molar-refractivity contribution is 14.1. The molecule has 7 nitrogen and oxygen atoms in total. The van der Waals surface area contributed by atoms with Gasteiger partial charge in [0.15, 0.2) is 0 Å². The van der Waals surface area contributed by atoms with Crippen LogP contribution in [0.1, 0.15) is 32.8 Å². The monoisotopic (exact) mass is 479 g/mol. The first kappa shape index (κ1) is 20.1. The second-order valence-corrected chi connectivity index (χ2v) is 8.15. The van der Waals surface area contributed by atoms with E-state index < -0.39 is 11.7 Å². The van der Waals surface area contributed by atoms with Gasteiger partial charge < -0.3 is 14.6 Å². The molecule has 138 valence electrons. The molecule has 1 atom stereocenters. The maximum Gasteiger partial charge on any atom is 0.422 e. The predicted molar refractivity (Wildman–Crippen MR) is 109 cm³/mol. The molecule has 9 heteroatoms. The standard InChI is InChI=1S/C16H23ClIN5O2/c1-5-6-10(21-22-15(24)25-16(2,3)4)7-23-8-11(18)12-13(17)19-9-20-14(12)23/h5,8,10,20-21H,1,6-7,9H2,2-4H3,(H,22,24)/t10-/m0/s1. The molecule has 1 aromatic rings. The van der Waals surface area contributed by atoms with E-state index in [1.54, 1.807) is 6.08 Å². The van der Waals surface area contributed by atoms with Crippen LogP contribution in [-0.4, -0.2) is 34.1 Å². The quantitative estimate of drug-likeness (QED) is 0.332. The summed E-state index contributed by atoms with van der Waals surface area (Å²) in [4.78, 5) is 16.0. The number of carbonyl (C=O) groups is 1. The van der Waals surface area contributed by atoms with E-state index in [1.165, 1.54) is 0 Å². The molecule has 3 N–H and O–H groups in total. The highest BCUT2D eigenvalue weighted by Crippen LogP contribution is 2.29. The van der Waals surface area contributed by atoms with Crippen molar-refractivity contribution in [1.29, 1.82) is 0 Å². The predicted octanol–water partition coefficient (Wildman–Crippen LogP) is 3.44. The number of hydrogen-bond acceptors (Lipinski definition) is 5. The van der Waals surface area contributed by atoms with E-state index in [1.807, 2.05) is 27.0 Å². The van der Waals surface area contributed by atoms with Crippen molar-refractivity contribution in [2.45, 2.75) is 45.4 Å². The fourth-order valence-electron chi connectivity index (χ4n) is 2.40. The van der Waals surface area contributed by atoms with Gasteiger partial charge in [-0.2, -0.15) is 0 Å². The van der Waals surface area contributed by atoms with Crippen LogP contribution in [0.25, 0.3) is 0 Å². The molecule has 2 heterocycles. The number of hydrogen-bond donors (Lipinski definition) is 3. The number of anilines is 1. The van der Waals surface area contributed by atoms with Gasteiger partial charge in [-0.25, -0.2) is 10.2 Å². The van der Waals surface area contributed by atoms with Crippen LogP contribution in [0.3, 0.4) is 0 Å². The van der Waals surface area contributed by atoms with Gasteiger partial charge in [0, 0.05) is 22.4 Å². The van der Waals surface area contributed by atoms with Crippen LogP contribution in [0.4, 0.5) is 10.6 Å². The molecule has 0 saturated carbocycles. The van der Waals surface area contributed by atoms with E-state index in [2.05, 4.69) is 54.9 Å². The number of rotatable bonds is 6. The lowest BCUT2D eigenvalue weighted by Crippen LogP contribution is -2.47. The number of aromatic nitrogens is 1. The zero-order valence-corrected chi connectivity index (χ0v) is 17.4. The lowest BCUT2D eigenvalue weighted by Gasteiger charge is -2.24. The van der Waals surface area contributed by atoms with Gasteiger partial charge in [0.2, 0.25) is 0 Å². The molecule has 1 aromatic heterocycles. The van der Waals surface area contributed by atoms with Gasteiger partial charge in [0.25, 0.3) is 0 Å². The van der Waals surface area contributed by atoms with Crippen LogP contribution in [-0.2, 0) is 11.3 Å². The molecule has 0 radical (unpaired) electrons. The number of amides is 1. The third-order valence-electron chi connectivity index (χ3n) is 3.35. The van der Waals surface area contributed by atoms with Crippen molar-refractivity contribution in [1.82, 2.24) is 15.4 Å². The lowest BCUT2D eigenvalue weighted by atomic mass is 10.2. The number of carbonyl (C=O) groups excluding carboxylic acids is 1. The summed E-state index contributed by atoms with van der Waals surface area (Å²) in [6.07, 6.45) is 3.96. The van der Waals surface area contributed by atoms with Crippen LogP contribution >= 0.6 is 34.2 Å². The Morgan fingerprint density at radius 2 is 2.36 bits per heavy atom. The number of nitrogens with one attached hydrogen (secondary N) is 3. The summed E-state index contributed by atoms with van der Waals surface area (Å²) in [5, 5.41) is 3.76. The first-order valence-corrected chi connectivity index (χ1v) is 9.35. The zero-order chi connectivity index (χ0) is 18.6. The summed E-state index contributed by atoms with van der Waals surface area (Å²) in [5.41, 5.74) is 5.97. The molecular formula is C16H23ClIN5O2. The van der Waals surface area contributed by atoms with Crippen molar-refractivity contribution < 1.29 is 9.53 Å². The smallest absolute Gasteiger partial charge is 0.422 e. The Kier molecular flexibility index (Phi) is 6.75. The van der Waals surface area contributed by atoms with Gasteiger partial charge in [-0.3, -0.25) is 10.4 Å². The molecule has 0 fully saturated rings. The van der Waals surface area contributed by atoms with E-state index in [0.717, 1.165) is 15.0 Å². The third-order valence-corrected chi connectivity index (χ3v) is 4.47. The summed E-state index contributed by atoms with van der Waals surface area (Å²) < 4.78 is 8.31. The van der Waals surface area contributed by atoms with E-state index in [9.17, 15) is 4.79 Å². The van der Waals surface area contributed by atoms with Crippen molar-refractivity contribution in [2.24, 2.45) is 4.99 Å². The Balaban J connectivity index is 2.05. The summed E-state index contributed by atoms with van der Waals surface area (Å²) in [6, 6.07) is -0.0586. The number of aliphatic imine (C=N–C) groups is 1. The minimum Gasteiger partial charge on any atom is -0.443 e. The second kappa shape index (κ2) is 8.41. The van der Waals surface area contributed by atoms with Gasteiger partial charge >= 0.3 is 6.09 Å². The highest BCUT2D eigenvalue weighted by Gasteiger charge is 2.23. The SMILES string of the molecule is C=CC[C@@H](Cn1cc(I)c2c1NCN=C2Cl)NNC(=O)OC(C)(C)C. The summed E-state index contributed by atoms with van der Waals surface area (Å²) in [7, 11) is 0. The Hall–Kier alpha value is -1.26. The lowest BCUT2D eigenvalue weighted by molar-refractivity contribution is 0.0485. The third kappa shape index (κ3) is 5.61. The minimum absolute atomic E-state index is 0.0586. The molecule has 2 rings (SSSR count). The number of ether oxygens (including phenoxy) is 1. The fraction of sp³-hybridized carbons (Fsp3) is 0.500. The minimum atomic E-state index is -0.546. The Bertz CT molecular complexity index is 681. The molecule has 0 unspecified atom stereocenters. The van der Waals surface area contributed by atoms with E-state index in [-0.39, 0.29) is 6.04 Å². The van der Waals surface area contributed by atoms with Gasteiger partial charge in [-0.05, 0) is 49.8 Å². The molecule has 0 bridgehead atoms. The molecule has 0 saturated heterocycles. The van der Waals surface area contributed by atoms with Crippen molar-refractivity contribution in [3.05, 3.63) is 28.0 Å². The molecular weight excluding hydrogens is 457 g/mol. The van der Waals surface area contributed by atoms with Gasteiger partial charge in [-0.1, -0.05) is 17.7 Å². The molecule has 1 aliphatic rings. The Morgan fingerprint density at radius 1 is 1.64 bits per heavy atom. The van der Waals surface area contributed by atoms with Gasteiger partial charge in [0.1, 0.15) is 23.3 Å². The maximum absolute atomic E-state index is 11.8. The van der Waals surface area contributed by atoms with Crippen LogP contribution in [0.5, 0.6) is 0 Å². The van der Waals surface area contributed by atoms with Gasteiger partial charge in [0.05, 0.1) is 5.56 Å². The number of fused-ring (bicyclic) bond motifs is 1. The molecule has 1 amide bonds. The van der Waals surface area contributed by atoms with Crippen molar-refractivity contribution >= 4 is 51.3 Å². The first-order valence-electron chi connectivity index (χ1n) is 7.89. The summed E-state index contributed by atoms with van der Waals surface area (Å²) in [6.45, 7) is 10.3. The second-order valence-electron chi connectivity index (χ2n) is 6.63. The van der Waals surface area contributed by atoms with Crippen molar-refractivity contribution in [3.8, 4) is 0 Å². The van der Waals surface area contributed by atoms with E-state index in [0.29, 0.717) is 24.8 Å². The van der Waals surface area contributed by atoms with E-state index in [4.69, 9.17) is 16.3 Å². The van der Waals surface area contributed by atoms with Gasteiger partial charge in [-0.15, -0.1) is 6.58 Å². The Labute approximate surface area is 166 Å². The zero-order valence-electron chi connectivity index (χ0n) is 14.5. The molecule has 0 aromatic carbocycles. The average Bonchev–Trinajstić information content (AvgIpc) is 2.81. The molecule has 25 heavy (non-hydrogen) atoms. The van der Waals surface area contributed by atoms with Crippen LogP contribution in [0, 0.1) is 3.57 Å². The maximum atomic E-state index is 11.8. The fourth-order valence-corrected chi connectivity index (χ4v) is 3.66.